The van der Waals surface area contributed by atoms with Crippen molar-refractivity contribution in [2.24, 2.45) is 5.92 Å². The van der Waals surface area contributed by atoms with Gasteiger partial charge in [0.2, 0.25) is 0 Å². The normalized spacial score (nSPS) is 20.1. The molecule has 0 saturated carbocycles. The van der Waals surface area contributed by atoms with Gasteiger partial charge >= 0.3 is 5.97 Å². The minimum atomic E-state index is -0.239. The molecule has 1 amide bonds. The summed E-state index contributed by atoms with van der Waals surface area (Å²) in [4.78, 5) is 24.4. The van der Waals surface area contributed by atoms with Gasteiger partial charge in [-0.3, -0.25) is 9.59 Å². The van der Waals surface area contributed by atoms with Crippen LogP contribution in [0.15, 0.2) is 0 Å². The number of esters is 1. The zero-order valence-corrected chi connectivity index (χ0v) is 9.08. The molecule has 0 aromatic heterocycles. The van der Waals surface area contributed by atoms with Crippen LogP contribution < -0.4 is 0 Å². The highest BCUT2D eigenvalue weighted by atomic mass is 16.5. The maximum atomic E-state index is 11.5. The van der Waals surface area contributed by atoms with E-state index in [1.54, 1.807) is 11.8 Å². The molecule has 1 aliphatic heterocycles. The van der Waals surface area contributed by atoms with E-state index in [1.165, 1.54) is 7.11 Å². The first-order valence-corrected chi connectivity index (χ1v) is 4.98. The second kappa shape index (κ2) is 5.40. The molecule has 0 aromatic carbocycles. The topological polar surface area (TPSA) is 46.6 Å². The Labute approximate surface area is 89.6 Å². The maximum Gasteiger partial charge on any atom is 0.310 e. The van der Waals surface area contributed by atoms with Crippen LogP contribution in [0.25, 0.3) is 0 Å². The van der Waals surface area contributed by atoms with Crippen LogP contribution in [0.4, 0.5) is 0 Å². The molecule has 1 unspecified atom stereocenters. The molecule has 1 rings (SSSR count). The number of nitrogens with zero attached hydrogens (tertiary/aromatic N) is 1. The number of carbonyl (C=O) groups is 2. The lowest BCUT2D eigenvalue weighted by Crippen LogP contribution is -2.42. The summed E-state index contributed by atoms with van der Waals surface area (Å²) in [5, 5.41) is 0. The van der Waals surface area contributed by atoms with Gasteiger partial charge in [0.05, 0.1) is 13.0 Å². The Morgan fingerprint density at radius 2 is 2.20 bits per heavy atom. The fourth-order valence-electron chi connectivity index (χ4n) is 1.71. The van der Waals surface area contributed by atoms with E-state index in [0.717, 1.165) is 12.8 Å². The highest BCUT2D eigenvalue weighted by Crippen LogP contribution is 2.17. The highest BCUT2D eigenvalue weighted by molar-refractivity contribution is 5.93. The molecule has 0 radical (unpaired) electrons. The minimum Gasteiger partial charge on any atom is -0.469 e. The molecule has 0 aliphatic carbocycles. The van der Waals surface area contributed by atoms with Gasteiger partial charge in [0, 0.05) is 13.1 Å². The third-order valence-electron chi connectivity index (χ3n) is 2.48. The van der Waals surface area contributed by atoms with Crippen LogP contribution in [0, 0.1) is 17.8 Å². The van der Waals surface area contributed by atoms with Crippen LogP contribution >= 0.6 is 0 Å². The summed E-state index contributed by atoms with van der Waals surface area (Å²) in [5.74, 6) is 4.41. The van der Waals surface area contributed by atoms with Crippen molar-refractivity contribution in [1.82, 2.24) is 4.90 Å². The van der Waals surface area contributed by atoms with Crippen LogP contribution in [0.1, 0.15) is 19.8 Å². The van der Waals surface area contributed by atoms with Crippen molar-refractivity contribution < 1.29 is 14.3 Å². The van der Waals surface area contributed by atoms with E-state index in [9.17, 15) is 9.59 Å². The van der Waals surface area contributed by atoms with Crippen LogP contribution in [-0.4, -0.2) is 37.0 Å². The number of hydrogen-bond acceptors (Lipinski definition) is 3. The van der Waals surface area contributed by atoms with Crippen LogP contribution in [0.3, 0.4) is 0 Å². The molecule has 0 aromatic rings. The second-order valence-electron chi connectivity index (χ2n) is 3.49. The van der Waals surface area contributed by atoms with Crippen LogP contribution in [0.5, 0.6) is 0 Å². The Morgan fingerprint density at radius 3 is 2.80 bits per heavy atom. The zero-order valence-electron chi connectivity index (χ0n) is 9.08. The lowest BCUT2D eigenvalue weighted by molar-refractivity contribution is -0.148. The summed E-state index contributed by atoms with van der Waals surface area (Å²) >= 11 is 0. The van der Waals surface area contributed by atoms with Gasteiger partial charge in [-0.1, -0.05) is 5.92 Å². The SMILES string of the molecule is CC#CC(=O)N1CCCC(C(=O)OC)C1. The molecule has 82 valence electrons. The van der Waals surface area contributed by atoms with Crippen LogP contribution in [0.2, 0.25) is 0 Å². The van der Waals surface area contributed by atoms with Crippen molar-refractivity contribution in [2.45, 2.75) is 19.8 Å². The monoisotopic (exact) mass is 209 g/mol. The van der Waals surface area contributed by atoms with Gasteiger partial charge in [0.1, 0.15) is 0 Å². The van der Waals surface area contributed by atoms with Gasteiger partial charge in [-0.15, -0.1) is 0 Å². The van der Waals surface area contributed by atoms with Gasteiger partial charge in [-0.25, -0.2) is 0 Å². The molecule has 4 heteroatoms. The van der Waals surface area contributed by atoms with Gasteiger partial charge < -0.3 is 9.64 Å². The number of hydrogen-bond donors (Lipinski definition) is 0. The molecule has 0 spiro atoms. The van der Waals surface area contributed by atoms with E-state index in [-0.39, 0.29) is 17.8 Å². The molecule has 0 N–H and O–H groups in total. The number of carbonyl (C=O) groups excluding carboxylic acids is 2. The van der Waals surface area contributed by atoms with Crippen molar-refractivity contribution in [3.63, 3.8) is 0 Å². The Bertz CT molecular complexity index is 314. The first-order chi connectivity index (χ1) is 7.19. The van der Waals surface area contributed by atoms with E-state index in [2.05, 4.69) is 16.6 Å². The number of likely N-dealkylation sites (tertiary alicyclic amines) is 1. The summed E-state index contributed by atoms with van der Waals surface area (Å²) in [5.41, 5.74) is 0. The first kappa shape index (κ1) is 11.6. The second-order valence-corrected chi connectivity index (χ2v) is 3.49. The minimum absolute atomic E-state index is 0.189. The van der Waals surface area contributed by atoms with Crippen molar-refractivity contribution in [1.29, 1.82) is 0 Å². The summed E-state index contributed by atoms with van der Waals surface area (Å²) in [6, 6.07) is 0. The highest BCUT2D eigenvalue weighted by Gasteiger charge is 2.28. The average molecular weight is 209 g/mol. The predicted octanol–water partition coefficient (Wildman–Crippen LogP) is 0.421. The molecule has 4 nitrogen and oxygen atoms in total. The Morgan fingerprint density at radius 1 is 1.47 bits per heavy atom. The third kappa shape index (κ3) is 2.98. The maximum absolute atomic E-state index is 11.5. The fourth-order valence-corrected chi connectivity index (χ4v) is 1.71. The Hall–Kier alpha value is -1.50. The smallest absolute Gasteiger partial charge is 0.310 e. The molecule has 1 aliphatic rings. The van der Waals surface area contributed by atoms with Gasteiger partial charge in [-0.05, 0) is 25.7 Å². The van der Waals surface area contributed by atoms with E-state index in [4.69, 9.17) is 0 Å². The number of methoxy groups -OCH3 is 1. The summed E-state index contributed by atoms with van der Waals surface area (Å²) < 4.78 is 4.66. The molecule has 0 bridgehead atoms. The van der Waals surface area contributed by atoms with Gasteiger partial charge in [0.25, 0.3) is 5.91 Å². The van der Waals surface area contributed by atoms with Crippen LogP contribution in [-0.2, 0) is 14.3 Å². The number of piperidine rings is 1. The molecule has 1 heterocycles. The lowest BCUT2D eigenvalue weighted by atomic mass is 9.98. The number of ether oxygens (including phenoxy) is 1. The summed E-state index contributed by atoms with van der Waals surface area (Å²) in [6.07, 6.45) is 1.62. The Kier molecular flexibility index (Phi) is 4.17. The predicted molar refractivity (Wildman–Crippen MR) is 54.8 cm³/mol. The lowest BCUT2D eigenvalue weighted by Gasteiger charge is -2.29. The quantitative estimate of drug-likeness (QED) is 0.464. The van der Waals surface area contributed by atoms with E-state index in [1.807, 2.05) is 0 Å². The molecule has 1 saturated heterocycles. The molecule has 1 fully saturated rings. The number of amides is 1. The molecule has 15 heavy (non-hydrogen) atoms. The first-order valence-electron chi connectivity index (χ1n) is 4.98. The van der Waals surface area contributed by atoms with Crippen molar-refractivity contribution in [2.75, 3.05) is 20.2 Å². The average Bonchev–Trinajstić information content (AvgIpc) is 2.28. The van der Waals surface area contributed by atoms with Crippen molar-refractivity contribution in [3.05, 3.63) is 0 Å². The van der Waals surface area contributed by atoms with Crippen molar-refractivity contribution >= 4 is 11.9 Å². The zero-order chi connectivity index (χ0) is 11.3. The molecule has 1 atom stereocenters. The van der Waals surface area contributed by atoms with E-state index >= 15 is 0 Å². The summed E-state index contributed by atoms with van der Waals surface area (Å²) in [7, 11) is 1.37. The third-order valence-corrected chi connectivity index (χ3v) is 2.48. The molecular weight excluding hydrogens is 194 g/mol. The van der Waals surface area contributed by atoms with Crippen molar-refractivity contribution in [3.8, 4) is 11.8 Å². The largest absolute Gasteiger partial charge is 0.469 e. The Balaban J connectivity index is 2.58. The molecular formula is C11H15NO3. The van der Waals surface area contributed by atoms with E-state index < -0.39 is 0 Å². The fraction of sp³-hybridized carbons (Fsp3) is 0.636. The summed E-state index contributed by atoms with van der Waals surface area (Å²) in [6.45, 7) is 2.74. The standard InChI is InChI=1S/C11H15NO3/c1-3-5-10(13)12-7-4-6-9(8-12)11(14)15-2/h9H,4,6-8H2,1-2H3. The van der Waals surface area contributed by atoms with E-state index in [0.29, 0.717) is 13.1 Å². The van der Waals surface area contributed by atoms with Gasteiger partial charge in [-0.2, -0.15) is 0 Å². The van der Waals surface area contributed by atoms with Gasteiger partial charge in [0.15, 0.2) is 0 Å². The number of rotatable bonds is 1.